The smallest absolute Gasteiger partial charge is 0.177 e. The highest BCUT2D eigenvalue weighted by Gasteiger charge is 2.24. The maximum atomic E-state index is 5.45. The number of aromatic nitrogens is 3. The molecule has 1 aliphatic carbocycles. The van der Waals surface area contributed by atoms with Crippen LogP contribution in [-0.2, 0) is 4.74 Å². The molecule has 4 rings (SSSR count). The molecule has 2 aliphatic rings. The van der Waals surface area contributed by atoms with Crippen LogP contribution in [0.2, 0.25) is 0 Å². The van der Waals surface area contributed by atoms with Gasteiger partial charge in [-0.15, -0.1) is 0 Å². The van der Waals surface area contributed by atoms with Crippen LogP contribution in [0.1, 0.15) is 36.6 Å². The van der Waals surface area contributed by atoms with Crippen molar-refractivity contribution in [2.24, 2.45) is 0 Å². The number of anilines is 1. The Morgan fingerprint density at radius 1 is 1.25 bits per heavy atom. The van der Waals surface area contributed by atoms with Gasteiger partial charge >= 0.3 is 0 Å². The molecule has 0 bridgehead atoms. The molecule has 3 heterocycles. The van der Waals surface area contributed by atoms with Crippen LogP contribution in [0, 0.1) is 6.92 Å². The highest BCUT2D eigenvalue weighted by atomic mass is 16.5. The minimum atomic E-state index is 0.648. The minimum Gasteiger partial charge on any atom is -0.378 e. The number of morpholine rings is 1. The van der Waals surface area contributed by atoms with Crippen LogP contribution in [0.25, 0.3) is 5.65 Å². The third-order valence-electron chi connectivity index (χ3n) is 4.42. The second kappa shape index (κ2) is 4.74. The second-order valence-electron chi connectivity index (χ2n) is 5.83. The molecule has 0 aromatic carbocycles. The Morgan fingerprint density at radius 2 is 2.05 bits per heavy atom. The van der Waals surface area contributed by atoms with Crippen molar-refractivity contribution in [1.82, 2.24) is 14.6 Å². The first-order chi connectivity index (χ1) is 9.81. The number of ether oxygens (including phenoxy) is 1. The van der Waals surface area contributed by atoms with E-state index < -0.39 is 0 Å². The van der Waals surface area contributed by atoms with Gasteiger partial charge in [-0.2, -0.15) is 5.10 Å². The van der Waals surface area contributed by atoms with Gasteiger partial charge in [0.25, 0.3) is 0 Å². The molecule has 1 saturated carbocycles. The van der Waals surface area contributed by atoms with Gasteiger partial charge in [0.2, 0.25) is 0 Å². The molecule has 20 heavy (non-hydrogen) atoms. The molecule has 0 spiro atoms. The third kappa shape index (κ3) is 1.97. The van der Waals surface area contributed by atoms with Crippen LogP contribution in [0.5, 0.6) is 0 Å². The van der Waals surface area contributed by atoms with Gasteiger partial charge < -0.3 is 9.64 Å². The summed E-state index contributed by atoms with van der Waals surface area (Å²) in [6, 6.07) is 2.15. The number of hydrogen-bond acceptors (Lipinski definition) is 4. The van der Waals surface area contributed by atoms with E-state index in [1.807, 2.05) is 11.4 Å². The normalized spacial score (nSPS) is 20.4. The quantitative estimate of drug-likeness (QED) is 0.840. The molecule has 2 fully saturated rings. The summed E-state index contributed by atoms with van der Waals surface area (Å²) >= 11 is 0. The van der Waals surface area contributed by atoms with E-state index in [2.05, 4.69) is 22.3 Å². The van der Waals surface area contributed by atoms with Crippen molar-refractivity contribution in [2.75, 3.05) is 31.2 Å². The van der Waals surface area contributed by atoms with Crippen LogP contribution in [0.15, 0.2) is 12.3 Å². The summed E-state index contributed by atoms with van der Waals surface area (Å²) in [6.07, 6.45) is 6.00. The van der Waals surface area contributed by atoms with E-state index >= 15 is 0 Å². The van der Waals surface area contributed by atoms with Gasteiger partial charge in [0.05, 0.1) is 36.5 Å². The highest BCUT2D eigenvalue weighted by Crippen LogP contribution is 2.36. The van der Waals surface area contributed by atoms with Crippen molar-refractivity contribution in [2.45, 2.75) is 32.1 Å². The number of rotatable bonds is 2. The first-order valence-electron chi connectivity index (χ1n) is 7.51. The molecule has 0 amide bonds. The van der Waals surface area contributed by atoms with E-state index in [1.54, 1.807) is 0 Å². The van der Waals surface area contributed by atoms with Crippen LogP contribution < -0.4 is 4.90 Å². The van der Waals surface area contributed by atoms with Crippen molar-refractivity contribution in [1.29, 1.82) is 0 Å². The Labute approximate surface area is 118 Å². The van der Waals surface area contributed by atoms with Crippen molar-refractivity contribution in [3.8, 4) is 0 Å². The highest BCUT2D eigenvalue weighted by molar-refractivity contribution is 5.69. The molecular weight excluding hydrogens is 252 g/mol. The molecule has 5 nitrogen and oxygen atoms in total. The average Bonchev–Trinajstić information content (AvgIpc) is 2.79. The van der Waals surface area contributed by atoms with E-state index in [1.165, 1.54) is 30.6 Å². The number of nitrogens with zero attached hydrogens (tertiary/aromatic N) is 4. The zero-order chi connectivity index (χ0) is 13.5. The Bertz CT molecular complexity index is 626. The number of fused-ring (bicyclic) bond motifs is 1. The molecule has 1 aliphatic heterocycles. The summed E-state index contributed by atoms with van der Waals surface area (Å²) in [5.74, 6) is 0.648. The lowest BCUT2D eigenvalue weighted by molar-refractivity contribution is 0.123. The zero-order valence-electron chi connectivity index (χ0n) is 11.9. The van der Waals surface area contributed by atoms with E-state index in [-0.39, 0.29) is 0 Å². The molecule has 5 heteroatoms. The largest absolute Gasteiger partial charge is 0.378 e. The van der Waals surface area contributed by atoms with Gasteiger partial charge in [0.15, 0.2) is 5.65 Å². The van der Waals surface area contributed by atoms with E-state index in [0.29, 0.717) is 5.92 Å². The predicted octanol–water partition coefficient (Wildman–Crippen LogP) is 2.14. The van der Waals surface area contributed by atoms with E-state index in [0.717, 1.165) is 37.6 Å². The summed E-state index contributed by atoms with van der Waals surface area (Å²) < 4.78 is 7.42. The van der Waals surface area contributed by atoms with Crippen LogP contribution in [0.4, 0.5) is 5.69 Å². The third-order valence-corrected chi connectivity index (χ3v) is 4.42. The first kappa shape index (κ1) is 12.1. The van der Waals surface area contributed by atoms with E-state index in [4.69, 9.17) is 9.72 Å². The Balaban J connectivity index is 1.79. The fourth-order valence-corrected chi connectivity index (χ4v) is 3.04. The van der Waals surface area contributed by atoms with Gasteiger partial charge in [-0.1, -0.05) is 6.42 Å². The number of imidazole rings is 1. The summed E-state index contributed by atoms with van der Waals surface area (Å²) in [4.78, 5) is 7.24. The zero-order valence-corrected chi connectivity index (χ0v) is 11.9. The minimum absolute atomic E-state index is 0.648. The van der Waals surface area contributed by atoms with Crippen LogP contribution in [-0.4, -0.2) is 40.9 Å². The summed E-state index contributed by atoms with van der Waals surface area (Å²) in [5, 5.41) is 4.59. The van der Waals surface area contributed by atoms with E-state index in [9.17, 15) is 0 Å². The average molecular weight is 272 g/mol. The fraction of sp³-hybridized carbons (Fsp3) is 0.600. The lowest BCUT2D eigenvalue weighted by Crippen LogP contribution is -2.36. The first-order valence-corrected chi connectivity index (χ1v) is 7.51. The molecule has 0 atom stereocenters. The van der Waals surface area contributed by atoms with Gasteiger partial charge in [0, 0.05) is 19.0 Å². The molecule has 0 unspecified atom stereocenters. The monoisotopic (exact) mass is 272 g/mol. The molecular formula is C15H20N4O. The van der Waals surface area contributed by atoms with Crippen LogP contribution >= 0.6 is 0 Å². The molecule has 2 aromatic heterocycles. The SMILES string of the molecule is Cc1cc(N2CCOCC2)c2nc(C3CCC3)cn2n1. The standard InChI is InChI=1S/C15H20N4O/c1-11-9-14(18-5-7-20-8-6-18)15-16-13(10-19(15)17-11)12-3-2-4-12/h9-10,12H,2-8H2,1H3. The lowest BCUT2D eigenvalue weighted by atomic mass is 9.83. The Hall–Kier alpha value is -1.62. The fourth-order valence-electron chi connectivity index (χ4n) is 3.04. The number of hydrogen-bond donors (Lipinski definition) is 0. The molecule has 0 radical (unpaired) electrons. The van der Waals surface area contributed by atoms with Gasteiger partial charge in [-0.3, -0.25) is 0 Å². The molecule has 2 aromatic rings. The van der Waals surface area contributed by atoms with Crippen molar-refractivity contribution < 1.29 is 4.74 Å². The summed E-state index contributed by atoms with van der Waals surface area (Å²) in [7, 11) is 0. The van der Waals surface area contributed by atoms with Crippen molar-refractivity contribution in [3.63, 3.8) is 0 Å². The van der Waals surface area contributed by atoms with Gasteiger partial charge in [-0.25, -0.2) is 9.50 Å². The molecule has 1 saturated heterocycles. The molecule has 106 valence electrons. The Kier molecular flexibility index (Phi) is 2.88. The topological polar surface area (TPSA) is 42.7 Å². The van der Waals surface area contributed by atoms with Crippen LogP contribution in [0.3, 0.4) is 0 Å². The predicted molar refractivity (Wildman–Crippen MR) is 77.3 cm³/mol. The van der Waals surface area contributed by atoms with Crippen molar-refractivity contribution in [3.05, 3.63) is 23.7 Å². The number of aryl methyl sites for hydroxylation is 1. The van der Waals surface area contributed by atoms with Gasteiger partial charge in [0.1, 0.15) is 0 Å². The molecule has 0 N–H and O–H groups in total. The lowest BCUT2D eigenvalue weighted by Gasteiger charge is -2.29. The van der Waals surface area contributed by atoms with Crippen molar-refractivity contribution >= 4 is 11.3 Å². The maximum Gasteiger partial charge on any atom is 0.177 e. The van der Waals surface area contributed by atoms with Gasteiger partial charge in [-0.05, 0) is 25.8 Å². The summed E-state index contributed by atoms with van der Waals surface area (Å²) in [5.41, 5.74) is 4.45. The Morgan fingerprint density at radius 3 is 2.75 bits per heavy atom. The maximum absolute atomic E-state index is 5.45. The summed E-state index contributed by atoms with van der Waals surface area (Å²) in [6.45, 7) is 5.51. The second-order valence-corrected chi connectivity index (χ2v) is 5.83.